The van der Waals surface area contributed by atoms with Crippen molar-refractivity contribution in [1.29, 1.82) is 0 Å². The fourth-order valence-electron chi connectivity index (χ4n) is 0.695. The van der Waals surface area contributed by atoms with E-state index in [-0.39, 0.29) is 0 Å². The summed E-state index contributed by atoms with van der Waals surface area (Å²) in [6, 6.07) is 0. The van der Waals surface area contributed by atoms with Gasteiger partial charge in [0.2, 0.25) is 0 Å². The molecule has 55 valence electrons. The first-order valence-corrected chi connectivity index (χ1v) is 8.21. The van der Waals surface area contributed by atoms with Gasteiger partial charge in [0.25, 0.3) is 0 Å². The summed E-state index contributed by atoms with van der Waals surface area (Å²) in [6.45, 7) is 9.52. The molecule has 0 rings (SSSR count). The Kier molecular flexibility index (Phi) is 4.11. The van der Waals surface area contributed by atoms with Gasteiger partial charge in [-0.1, -0.05) is 0 Å². The fraction of sp³-hybridized carbons (Fsp3) is 1.00. The number of hydrogen-bond donors (Lipinski definition) is 0. The molecule has 0 aromatic carbocycles. The first-order valence-electron chi connectivity index (χ1n) is 3.64. The maximum atomic E-state index is 3.28. The zero-order chi connectivity index (χ0) is 7.49. The average molecular weight is 208 g/mol. The molecule has 0 saturated carbocycles. The molecule has 0 heterocycles. The van der Waals surface area contributed by atoms with Gasteiger partial charge in [0.05, 0.1) is 0 Å². The van der Waals surface area contributed by atoms with Crippen LogP contribution in [0.2, 0.25) is 24.1 Å². The Balaban J connectivity index is 3.59. The SMILES string of the molecule is CCCC([Se])[Si](C)(C)C. The van der Waals surface area contributed by atoms with Crippen molar-refractivity contribution in [3.8, 4) is 0 Å². The van der Waals surface area contributed by atoms with Crippen molar-refractivity contribution in [1.82, 2.24) is 0 Å². The Bertz CT molecular complexity index is 75.5. The van der Waals surface area contributed by atoms with Gasteiger partial charge >= 0.3 is 67.9 Å². The molecule has 0 nitrogen and oxygen atoms in total. The van der Waals surface area contributed by atoms with Crippen molar-refractivity contribution < 1.29 is 0 Å². The van der Waals surface area contributed by atoms with E-state index in [4.69, 9.17) is 0 Å². The molecular weight excluding hydrogens is 191 g/mol. The monoisotopic (exact) mass is 209 g/mol. The van der Waals surface area contributed by atoms with Crippen molar-refractivity contribution in [2.24, 2.45) is 0 Å². The Morgan fingerprint density at radius 3 is 1.89 bits per heavy atom. The van der Waals surface area contributed by atoms with Gasteiger partial charge in [-0.2, -0.15) is 0 Å². The second kappa shape index (κ2) is 3.80. The van der Waals surface area contributed by atoms with Crippen LogP contribution in [0.5, 0.6) is 0 Å². The molecule has 2 heteroatoms. The Hall–Kier alpha value is 0.736. The van der Waals surface area contributed by atoms with Crippen molar-refractivity contribution in [2.75, 3.05) is 0 Å². The van der Waals surface area contributed by atoms with E-state index in [9.17, 15) is 0 Å². The van der Waals surface area contributed by atoms with E-state index in [0.717, 1.165) is 4.44 Å². The van der Waals surface area contributed by atoms with E-state index >= 15 is 0 Å². The quantitative estimate of drug-likeness (QED) is 0.625. The second-order valence-electron chi connectivity index (χ2n) is 3.64. The van der Waals surface area contributed by atoms with E-state index < -0.39 is 8.07 Å². The molecule has 0 amide bonds. The summed E-state index contributed by atoms with van der Waals surface area (Å²) < 4.78 is 0.877. The van der Waals surface area contributed by atoms with Crippen LogP contribution >= 0.6 is 0 Å². The van der Waals surface area contributed by atoms with Gasteiger partial charge in [0.1, 0.15) is 0 Å². The van der Waals surface area contributed by atoms with Crippen LogP contribution < -0.4 is 0 Å². The number of hydrogen-bond acceptors (Lipinski definition) is 0. The molecule has 0 aliphatic carbocycles. The molecule has 0 aromatic rings. The molecule has 1 atom stereocenters. The van der Waals surface area contributed by atoms with E-state index in [1.807, 2.05) is 0 Å². The predicted octanol–water partition coefficient (Wildman–Crippen LogP) is 2.62. The molecule has 0 aliphatic heterocycles. The van der Waals surface area contributed by atoms with E-state index in [2.05, 4.69) is 42.6 Å². The van der Waals surface area contributed by atoms with Crippen molar-refractivity contribution in [3.05, 3.63) is 0 Å². The summed E-state index contributed by atoms with van der Waals surface area (Å²) in [5.41, 5.74) is 0. The first kappa shape index (κ1) is 9.74. The Morgan fingerprint density at radius 2 is 1.78 bits per heavy atom. The third kappa shape index (κ3) is 4.18. The summed E-state index contributed by atoms with van der Waals surface area (Å²) in [5, 5.41) is 0. The van der Waals surface area contributed by atoms with Crippen LogP contribution in [0.3, 0.4) is 0 Å². The maximum absolute atomic E-state index is 3.28. The van der Waals surface area contributed by atoms with Crippen LogP contribution in [-0.2, 0) is 0 Å². The molecule has 0 fully saturated rings. The summed E-state index contributed by atoms with van der Waals surface area (Å²) in [7, 11) is -0.837. The van der Waals surface area contributed by atoms with Crippen molar-refractivity contribution in [2.45, 2.75) is 43.8 Å². The van der Waals surface area contributed by atoms with E-state index in [1.165, 1.54) is 12.8 Å². The summed E-state index contributed by atoms with van der Waals surface area (Å²) in [4.78, 5) is 0. The first-order chi connectivity index (χ1) is 3.98. The number of rotatable bonds is 3. The van der Waals surface area contributed by atoms with Crippen LogP contribution in [0.15, 0.2) is 0 Å². The zero-order valence-corrected chi connectivity index (χ0v) is 9.61. The summed E-state index contributed by atoms with van der Waals surface area (Å²) >= 11 is 3.28. The molecule has 0 bridgehead atoms. The van der Waals surface area contributed by atoms with Crippen LogP contribution in [0, 0.1) is 0 Å². The van der Waals surface area contributed by atoms with Gasteiger partial charge in [-0.05, 0) is 0 Å². The van der Waals surface area contributed by atoms with Crippen molar-refractivity contribution in [3.63, 3.8) is 0 Å². The summed E-state index contributed by atoms with van der Waals surface area (Å²) in [6.07, 6.45) is 2.69. The Labute approximate surface area is 68.2 Å². The van der Waals surface area contributed by atoms with Crippen LogP contribution in [0.4, 0.5) is 0 Å². The third-order valence-corrected chi connectivity index (χ3v) is 8.68. The van der Waals surface area contributed by atoms with Gasteiger partial charge in [0, 0.05) is 0 Å². The molecule has 1 radical (unpaired) electrons. The molecule has 0 aliphatic rings. The normalized spacial score (nSPS) is 15.7. The van der Waals surface area contributed by atoms with Crippen molar-refractivity contribution >= 4 is 24.1 Å². The molecule has 0 spiro atoms. The van der Waals surface area contributed by atoms with Gasteiger partial charge in [0.15, 0.2) is 0 Å². The van der Waals surface area contributed by atoms with E-state index in [1.54, 1.807) is 0 Å². The molecule has 0 saturated heterocycles. The zero-order valence-electron chi connectivity index (χ0n) is 6.90. The topological polar surface area (TPSA) is 0 Å². The molecule has 0 N–H and O–H groups in total. The van der Waals surface area contributed by atoms with Crippen LogP contribution in [0.25, 0.3) is 0 Å². The fourth-order valence-corrected chi connectivity index (χ4v) is 2.34. The van der Waals surface area contributed by atoms with Gasteiger partial charge in [-0.15, -0.1) is 0 Å². The van der Waals surface area contributed by atoms with E-state index in [0.29, 0.717) is 0 Å². The van der Waals surface area contributed by atoms with Crippen LogP contribution in [-0.4, -0.2) is 24.1 Å². The standard InChI is InChI=1S/C7H17SeSi/c1-5-6-7(8)9(2,3)4/h7H,5-6H2,1-4H3. The van der Waals surface area contributed by atoms with Gasteiger partial charge < -0.3 is 0 Å². The third-order valence-electron chi connectivity index (χ3n) is 1.52. The van der Waals surface area contributed by atoms with Crippen LogP contribution in [0.1, 0.15) is 19.8 Å². The minimum atomic E-state index is -0.837. The molecular formula is C7H17SeSi. The summed E-state index contributed by atoms with van der Waals surface area (Å²) in [5.74, 6) is 0. The molecule has 9 heavy (non-hydrogen) atoms. The minimum absolute atomic E-state index is 0.837. The van der Waals surface area contributed by atoms with Gasteiger partial charge in [-0.3, -0.25) is 0 Å². The average Bonchev–Trinajstić information content (AvgIpc) is 1.64. The molecule has 1 unspecified atom stereocenters. The van der Waals surface area contributed by atoms with Gasteiger partial charge in [-0.25, -0.2) is 0 Å². The second-order valence-corrected chi connectivity index (χ2v) is 11.2. The molecule has 0 aromatic heterocycles. The predicted molar refractivity (Wildman–Crippen MR) is 47.8 cm³/mol. The Morgan fingerprint density at radius 1 is 1.33 bits per heavy atom.